The van der Waals surface area contributed by atoms with Crippen molar-refractivity contribution < 1.29 is 9.59 Å². The van der Waals surface area contributed by atoms with Gasteiger partial charge in [0, 0.05) is 0 Å². The molecule has 0 saturated carbocycles. The monoisotopic (exact) mass is 262 g/mol. The van der Waals surface area contributed by atoms with Crippen LogP contribution in [0.25, 0.3) is 0 Å². The minimum absolute atomic E-state index is 0. The molecule has 0 aromatic rings. The van der Waals surface area contributed by atoms with Crippen LogP contribution in [0.3, 0.4) is 0 Å². The number of rotatable bonds is 5. The number of hydrogen-bond donors (Lipinski definition) is 4. The molecule has 0 aliphatic heterocycles. The number of carbonyl (C=O) groups excluding carboxylic acids is 2. The fourth-order valence-corrected chi connectivity index (χ4v) is 0.500. The first-order chi connectivity index (χ1) is 7.45. The molecule has 0 spiro atoms. The minimum Gasteiger partial charge on any atom is -0.366 e. The van der Waals surface area contributed by atoms with Crippen LogP contribution in [0, 0.1) is 0 Å². The Labute approximate surface area is 111 Å². The predicted molar refractivity (Wildman–Crippen MR) is 78.6 cm³/mol. The van der Waals surface area contributed by atoms with E-state index in [9.17, 15) is 9.59 Å². The Kier molecular flexibility index (Phi) is 49.0. The third-order valence-corrected chi connectivity index (χ3v) is 1.36. The lowest BCUT2D eigenvalue weighted by atomic mass is 10.2. The van der Waals surface area contributed by atoms with Crippen molar-refractivity contribution in [2.24, 2.45) is 11.5 Å². The summed E-state index contributed by atoms with van der Waals surface area (Å²) in [5.41, 5.74) is 9.07. The summed E-state index contributed by atoms with van der Waals surface area (Å²) in [6.07, 6.45) is 7.65. The zero-order chi connectivity index (χ0) is 13.4. The van der Waals surface area contributed by atoms with Gasteiger partial charge in [0.1, 0.15) is 0 Å². The van der Waals surface area contributed by atoms with E-state index in [0.29, 0.717) is 0 Å². The van der Waals surface area contributed by atoms with Crippen LogP contribution in [-0.2, 0) is 9.59 Å². The number of amides is 2. The van der Waals surface area contributed by atoms with Gasteiger partial charge in [0.2, 0.25) is 11.8 Å². The van der Waals surface area contributed by atoms with E-state index in [1.807, 2.05) is 0 Å². The molecule has 0 heterocycles. The average molecular weight is 262 g/mol. The predicted octanol–water partition coefficient (Wildman–Crippen LogP) is 2.23. The molecule has 0 bridgehead atoms. The van der Waals surface area contributed by atoms with Gasteiger partial charge in [0.25, 0.3) is 0 Å². The van der Waals surface area contributed by atoms with Crippen molar-refractivity contribution in [1.29, 1.82) is 0 Å². The normalized spacial score (nSPS) is 6.56. The van der Waals surface area contributed by atoms with Gasteiger partial charge in [-0.3, -0.25) is 9.59 Å². The highest BCUT2D eigenvalue weighted by Crippen LogP contribution is 1.95. The molecule has 10 N–H and O–H groups in total. The molecular formula is C12H30N4O2. The maximum atomic E-state index is 9.47. The van der Waals surface area contributed by atoms with Gasteiger partial charge < -0.3 is 23.8 Å². The van der Waals surface area contributed by atoms with Gasteiger partial charge in [-0.05, 0) is 12.2 Å². The maximum absolute atomic E-state index is 9.47. The fourth-order valence-electron chi connectivity index (χ4n) is 0.500. The summed E-state index contributed by atoms with van der Waals surface area (Å²) in [6, 6.07) is 0. The molecule has 0 atom stereocenters. The Morgan fingerprint density at radius 3 is 1.11 bits per heavy atom. The van der Waals surface area contributed by atoms with Crippen molar-refractivity contribution in [2.45, 2.75) is 39.5 Å². The molecule has 0 saturated heterocycles. The third-order valence-electron chi connectivity index (χ3n) is 1.36. The first-order valence-corrected chi connectivity index (χ1v) is 5.29. The first-order valence-electron chi connectivity index (χ1n) is 5.29. The number of primary amides is 2. The number of nitrogens with two attached hydrogens (primary N) is 2. The Morgan fingerprint density at radius 1 is 0.889 bits per heavy atom. The molecule has 6 heteroatoms. The van der Waals surface area contributed by atoms with Gasteiger partial charge in [-0.2, -0.15) is 0 Å². The molecule has 0 rings (SSSR count). The van der Waals surface area contributed by atoms with E-state index in [1.165, 1.54) is 25.7 Å². The second-order valence-corrected chi connectivity index (χ2v) is 2.92. The van der Waals surface area contributed by atoms with E-state index < -0.39 is 11.8 Å². The third kappa shape index (κ3) is 89.5. The number of unbranched alkanes of at least 4 members (excludes halogenated alkanes) is 3. The van der Waals surface area contributed by atoms with Crippen LogP contribution < -0.4 is 23.8 Å². The maximum Gasteiger partial charge on any atom is 0.240 e. The van der Waals surface area contributed by atoms with Crippen molar-refractivity contribution in [2.75, 3.05) is 0 Å². The summed E-state index contributed by atoms with van der Waals surface area (Å²) in [4.78, 5) is 18.9. The average Bonchev–Trinajstić information content (AvgIpc) is 2.27. The minimum atomic E-state index is -0.481. The van der Waals surface area contributed by atoms with E-state index >= 15 is 0 Å². The molecule has 0 aliphatic carbocycles. The second kappa shape index (κ2) is 29.5. The van der Waals surface area contributed by atoms with Crippen LogP contribution in [0.2, 0.25) is 0 Å². The van der Waals surface area contributed by atoms with E-state index in [4.69, 9.17) is 0 Å². The van der Waals surface area contributed by atoms with E-state index in [1.54, 1.807) is 0 Å². The molecule has 110 valence electrons. The second-order valence-electron chi connectivity index (χ2n) is 2.92. The molecule has 2 amide bonds. The summed E-state index contributed by atoms with van der Waals surface area (Å²) < 4.78 is 0. The van der Waals surface area contributed by atoms with Crippen LogP contribution in [0.5, 0.6) is 0 Å². The summed E-state index contributed by atoms with van der Waals surface area (Å²) in [6.45, 7) is 10.6. The van der Waals surface area contributed by atoms with Crippen LogP contribution in [0.4, 0.5) is 0 Å². The quantitative estimate of drug-likeness (QED) is 0.442. The van der Waals surface area contributed by atoms with Crippen LogP contribution in [0.1, 0.15) is 39.5 Å². The molecule has 18 heavy (non-hydrogen) atoms. The van der Waals surface area contributed by atoms with Gasteiger partial charge >= 0.3 is 0 Å². The topological polar surface area (TPSA) is 156 Å². The zero-order valence-corrected chi connectivity index (χ0v) is 11.8. The molecule has 0 fully saturated rings. The highest BCUT2D eigenvalue weighted by atomic mass is 16.1. The van der Waals surface area contributed by atoms with Crippen LogP contribution >= 0.6 is 0 Å². The summed E-state index contributed by atoms with van der Waals surface area (Å²) in [7, 11) is 0. The van der Waals surface area contributed by atoms with Crippen molar-refractivity contribution in [3.8, 4) is 0 Å². The molecule has 6 nitrogen and oxygen atoms in total. The molecule has 0 unspecified atom stereocenters. The van der Waals surface area contributed by atoms with Crippen molar-refractivity contribution in [3.05, 3.63) is 25.3 Å². The Balaban J connectivity index is -0.0000000447. The van der Waals surface area contributed by atoms with Crippen molar-refractivity contribution >= 4 is 11.8 Å². The van der Waals surface area contributed by atoms with Gasteiger partial charge in [0.15, 0.2) is 0 Å². The summed E-state index contributed by atoms with van der Waals surface area (Å²) >= 11 is 0. The lowest BCUT2D eigenvalue weighted by molar-refractivity contribution is -0.114. The van der Waals surface area contributed by atoms with E-state index in [2.05, 4.69) is 38.5 Å². The lowest BCUT2D eigenvalue weighted by Gasteiger charge is -1.86. The van der Waals surface area contributed by atoms with Crippen molar-refractivity contribution in [3.63, 3.8) is 0 Å². The van der Waals surface area contributed by atoms with Gasteiger partial charge in [0.05, 0.1) is 0 Å². The van der Waals surface area contributed by atoms with Gasteiger partial charge in [-0.1, -0.05) is 52.7 Å². The lowest BCUT2D eigenvalue weighted by Crippen LogP contribution is -2.04. The van der Waals surface area contributed by atoms with Crippen molar-refractivity contribution in [1.82, 2.24) is 12.3 Å². The number of hydrogen-bond acceptors (Lipinski definition) is 4. The zero-order valence-electron chi connectivity index (χ0n) is 11.8. The smallest absolute Gasteiger partial charge is 0.240 e. The van der Waals surface area contributed by atoms with E-state index in [-0.39, 0.29) is 12.3 Å². The number of carbonyl (C=O) groups is 2. The van der Waals surface area contributed by atoms with Crippen LogP contribution in [0.15, 0.2) is 25.3 Å². The molecular weight excluding hydrogens is 232 g/mol. The highest BCUT2D eigenvalue weighted by Gasteiger charge is 1.75. The van der Waals surface area contributed by atoms with Gasteiger partial charge in [-0.25, -0.2) is 0 Å². The fraction of sp³-hybridized carbons (Fsp3) is 0.500. The summed E-state index contributed by atoms with van der Waals surface area (Å²) in [5, 5.41) is 0. The Morgan fingerprint density at radius 2 is 1.06 bits per heavy atom. The SMILES string of the molecule is C=CC(N)=O.C=CC(N)=O.CCCCCC.N.N. The molecule has 0 aliphatic rings. The van der Waals surface area contributed by atoms with Gasteiger partial charge in [-0.15, -0.1) is 0 Å². The Hall–Kier alpha value is -1.66. The Bertz CT molecular complexity index is 184. The first kappa shape index (κ1) is 29.9. The summed E-state index contributed by atoms with van der Waals surface area (Å²) in [5.74, 6) is -0.963. The standard InChI is InChI=1S/C6H14.2C3H5NO.2H3N/c1-3-5-6-4-2;2*1-2-3(4)5;;/h3-6H2,1-2H3;2*2H,1H2,(H2,4,5);2*1H3. The molecule has 0 aromatic carbocycles. The van der Waals surface area contributed by atoms with Crippen LogP contribution in [-0.4, -0.2) is 11.8 Å². The molecule has 0 radical (unpaired) electrons. The van der Waals surface area contributed by atoms with E-state index in [0.717, 1.165) is 12.2 Å². The molecule has 0 aromatic heterocycles. The largest absolute Gasteiger partial charge is 0.366 e. The highest BCUT2D eigenvalue weighted by molar-refractivity contribution is 5.85.